The van der Waals surface area contributed by atoms with E-state index in [0.29, 0.717) is 61.1 Å². The number of hydrogen-bond donors (Lipinski definition) is 3. The average molecular weight is 1480 g/mol. The minimum absolute atomic E-state index is 0.0153. The van der Waals surface area contributed by atoms with Crippen molar-refractivity contribution in [1.82, 2.24) is 25.4 Å². The first-order chi connectivity index (χ1) is 49.9. The third-order valence-electron chi connectivity index (χ3n) is 32.7. The molecule has 8 saturated carbocycles. The van der Waals surface area contributed by atoms with Gasteiger partial charge in [-0.1, -0.05) is 103 Å². The standard InChI is InChI=1S/C87H115F2N5O13/c1-46(2)66-55(95)40-86(42-63-91-93-72(106-63)54-23-19-50(88)45-90-54)36-34-82(14)51(68(66)86)20-24-59-80(12)31-29-62(78(9,10)58(80)26-32-84(59,82)16)105-65(98)44-79(11,75(102)103)39-49-38-48(18-22-53(49)89)71-92-94-73(107-71)70(99)87-37-35-83(15)52(69(87)67(47(3)4)56(96)41-87)21-25-60-81(13)30-28-61(104-64(97)43-76(5,6)74(100)101)77(7,8)57(81)27-33-85(60,83)17/h18-19,22-23,38,45-47,51-52,57-62,70,99H,20-21,24-37,39-44H2,1-17H3,(H,100,101)(H,102,103)/t51-,52-,57+,58+,59?,60?,61+,62+,70?,79?,80+,81+,82-,83-,84-,85-,86+,87-/m1/s1. The summed E-state index contributed by atoms with van der Waals surface area (Å²) >= 11 is 0. The number of pyridine rings is 1. The molecule has 107 heavy (non-hydrogen) atoms. The number of benzene rings is 1. The van der Waals surface area contributed by atoms with Gasteiger partial charge in [-0.25, -0.2) is 13.8 Å². The quantitative estimate of drug-likeness (QED) is 0.0781. The number of ketones is 2. The lowest BCUT2D eigenvalue weighted by Crippen LogP contribution is -2.66. The summed E-state index contributed by atoms with van der Waals surface area (Å²) in [4.78, 5) is 86.7. The van der Waals surface area contributed by atoms with Crippen molar-refractivity contribution in [1.29, 1.82) is 0 Å². The van der Waals surface area contributed by atoms with Crippen LogP contribution in [-0.4, -0.2) is 88.3 Å². The highest BCUT2D eigenvalue weighted by Gasteiger charge is 2.73. The fraction of sp³-hybridized carbons (Fsp3) is 0.713. The Kier molecular flexibility index (Phi) is 18.6. The molecule has 8 fully saturated rings. The second-order valence-electron chi connectivity index (χ2n) is 39.8. The van der Waals surface area contributed by atoms with E-state index in [2.05, 4.69) is 122 Å². The Hall–Kier alpha value is -6.83. The molecule has 18 nitrogen and oxygen atoms in total. The largest absolute Gasteiger partial charge is 0.481 e. The van der Waals surface area contributed by atoms with Crippen LogP contribution in [-0.2, 0) is 51.1 Å². The third kappa shape index (κ3) is 11.6. The van der Waals surface area contributed by atoms with Crippen LogP contribution >= 0.6 is 0 Å². The summed E-state index contributed by atoms with van der Waals surface area (Å²) in [5, 5.41) is 51.5. The van der Waals surface area contributed by atoms with Gasteiger partial charge in [0.15, 0.2) is 11.6 Å². The van der Waals surface area contributed by atoms with E-state index in [1.165, 1.54) is 42.8 Å². The van der Waals surface area contributed by atoms with Gasteiger partial charge in [0.25, 0.3) is 5.89 Å². The molecule has 0 aliphatic heterocycles. The fourth-order valence-corrected chi connectivity index (χ4v) is 26.9. The Bertz CT molecular complexity index is 4360. The summed E-state index contributed by atoms with van der Waals surface area (Å²) < 4.78 is 55.6. The number of Topliss-reactive ketones (excluding diaryl/α,β-unsaturated/α-hetero) is 2. The number of halogens is 2. The number of allylic oxidation sites excluding steroid dienone is 3. The molecule has 4 unspecified atom stereocenters. The highest BCUT2D eigenvalue weighted by atomic mass is 19.1. The molecule has 14 rings (SSSR count). The Morgan fingerprint density at radius 1 is 0.579 bits per heavy atom. The zero-order valence-electron chi connectivity index (χ0n) is 66.3. The minimum atomic E-state index is -1.80. The normalized spacial score (nSPS) is 37.1. The van der Waals surface area contributed by atoms with Crippen LogP contribution in [0.4, 0.5) is 8.78 Å². The lowest BCUT2D eigenvalue weighted by atomic mass is 9.33. The maximum absolute atomic E-state index is 16.3. The Morgan fingerprint density at radius 3 is 1.67 bits per heavy atom. The monoisotopic (exact) mass is 1480 g/mol. The van der Waals surface area contributed by atoms with Gasteiger partial charge in [0.05, 0.1) is 29.9 Å². The number of carboxylic acid groups (broad SMARTS) is 2. The van der Waals surface area contributed by atoms with Crippen LogP contribution in [0.15, 0.2) is 67.7 Å². The molecule has 1 aromatic carbocycles. The number of carbonyl (C=O) groups is 6. The number of fused-ring (bicyclic) bond motifs is 14. The predicted octanol–water partition coefficient (Wildman–Crippen LogP) is 18.0. The SMILES string of the molecule is CC(C)C1=C2[C@H]3CCC4[C@@]5(C)CC[C@H](OC(=O)CC(C)(Cc6cc(-c7nnc(C(O)[C@@]89CC[C@]%10(C)[C@H](CCC%11[C@@]%12(C)CC[C@H](OC(=O)CC(C)(C)C(=O)O)C(C)(C)[C@@H]%12CC[C@]%11%10C)C8=C(C(C)C)C(=O)C9)o7)ccc6F)C(=O)O)C(C)(C)[C@@H]5CC[C@@]4(C)[C@]3(C)CC[C@@]2(Cc2nnc(-c3ccc(F)cn3)o2)CC1=O. The van der Waals surface area contributed by atoms with Gasteiger partial charge >= 0.3 is 23.9 Å². The second kappa shape index (κ2) is 25.9. The van der Waals surface area contributed by atoms with Crippen molar-refractivity contribution in [3.63, 3.8) is 0 Å². The zero-order chi connectivity index (χ0) is 77.5. The Morgan fingerprint density at radius 2 is 1.12 bits per heavy atom. The zero-order valence-corrected chi connectivity index (χ0v) is 66.3. The molecule has 3 aromatic heterocycles. The van der Waals surface area contributed by atoms with Crippen molar-refractivity contribution in [3.8, 4) is 23.0 Å². The predicted molar refractivity (Wildman–Crippen MR) is 395 cm³/mol. The Balaban J connectivity index is 0.650. The number of aliphatic hydroxyl groups is 1. The lowest BCUT2D eigenvalue weighted by molar-refractivity contribution is -0.235. The van der Waals surface area contributed by atoms with Gasteiger partial charge in [-0.3, -0.25) is 28.8 Å². The van der Waals surface area contributed by atoms with E-state index in [1.54, 1.807) is 13.8 Å². The molecule has 0 bridgehead atoms. The van der Waals surface area contributed by atoms with Gasteiger partial charge in [0, 0.05) is 46.5 Å². The first-order valence-electron chi connectivity index (χ1n) is 40.1. The summed E-state index contributed by atoms with van der Waals surface area (Å²) in [6, 6.07) is 7.01. The van der Waals surface area contributed by atoms with Gasteiger partial charge in [-0.05, 0) is 262 Å². The number of rotatable bonds is 18. The lowest BCUT2D eigenvalue weighted by Gasteiger charge is -2.72. The molecule has 3 N–H and O–H groups in total. The van der Waals surface area contributed by atoms with E-state index in [4.69, 9.17) is 18.3 Å². The average Bonchev–Trinajstić information content (AvgIpc) is 1.67. The maximum atomic E-state index is 16.3. The van der Waals surface area contributed by atoms with Gasteiger partial charge < -0.3 is 33.6 Å². The number of aromatic nitrogens is 5. The molecule has 3 heterocycles. The smallest absolute Gasteiger partial charge is 0.310 e. The van der Waals surface area contributed by atoms with Gasteiger partial charge in [-0.2, -0.15) is 0 Å². The second-order valence-corrected chi connectivity index (χ2v) is 39.8. The van der Waals surface area contributed by atoms with Crippen LogP contribution in [0, 0.1) is 124 Å². The summed E-state index contributed by atoms with van der Waals surface area (Å²) in [6.07, 6.45) is 12.0. The molecule has 0 radical (unpaired) electrons. The van der Waals surface area contributed by atoms with Gasteiger partial charge in [0.1, 0.15) is 35.6 Å². The van der Waals surface area contributed by atoms with Crippen LogP contribution < -0.4 is 0 Å². The third-order valence-corrected chi connectivity index (χ3v) is 32.7. The molecule has 0 spiro atoms. The molecular weight excluding hydrogens is 1360 g/mol. The van der Waals surface area contributed by atoms with Crippen LogP contribution in [0.2, 0.25) is 0 Å². The van der Waals surface area contributed by atoms with E-state index < -0.39 is 81.2 Å². The summed E-state index contributed by atoms with van der Waals surface area (Å²) in [5.41, 5.74) is -1.51. The number of carboxylic acids is 2. The van der Waals surface area contributed by atoms with E-state index in [1.807, 2.05) is 0 Å². The van der Waals surface area contributed by atoms with E-state index in [9.17, 15) is 48.5 Å². The highest BCUT2D eigenvalue weighted by molar-refractivity contribution is 6.01. The summed E-state index contributed by atoms with van der Waals surface area (Å²) in [6.45, 7) is 36.6. The fourth-order valence-electron chi connectivity index (χ4n) is 26.9. The molecular formula is C87H115F2N5O13. The number of ether oxygens (including phenoxy) is 2. The van der Waals surface area contributed by atoms with Crippen LogP contribution in [0.25, 0.3) is 23.0 Å². The molecule has 10 aliphatic rings. The van der Waals surface area contributed by atoms with Crippen LogP contribution in [0.1, 0.15) is 270 Å². The van der Waals surface area contributed by atoms with E-state index in [-0.39, 0.29) is 134 Å². The van der Waals surface area contributed by atoms with Gasteiger partial charge in [0.2, 0.25) is 17.7 Å². The maximum Gasteiger partial charge on any atom is 0.310 e. The van der Waals surface area contributed by atoms with Crippen LogP contribution in [0.3, 0.4) is 0 Å². The number of aliphatic carboxylic acids is 2. The molecule has 10 aliphatic carbocycles. The summed E-state index contributed by atoms with van der Waals surface area (Å²) in [5.74, 6) is -2.69. The van der Waals surface area contributed by atoms with Crippen molar-refractivity contribution in [2.75, 3.05) is 0 Å². The van der Waals surface area contributed by atoms with Gasteiger partial charge in [-0.15, -0.1) is 20.4 Å². The number of esters is 2. The highest BCUT2D eigenvalue weighted by Crippen LogP contribution is 2.80. The summed E-state index contributed by atoms with van der Waals surface area (Å²) in [7, 11) is 0. The van der Waals surface area contributed by atoms with E-state index in [0.717, 1.165) is 106 Å². The molecule has 580 valence electrons. The topological polar surface area (TPSA) is 272 Å². The minimum Gasteiger partial charge on any atom is -0.481 e. The molecule has 0 amide bonds. The van der Waals surface area contributed by atoms with Crippen molar-refractivity contribution in [3.05, 3.63) is 87.8 Å². The van der Waals surface area contributed by atoms with Crippen molar-refractivity contribution >= 4 is 35.4 Å². The molecule has 4 aromatic rings. The first kappa shape index (κ1) is 76.9. The number of hydrogen-bond acceptors (Lipinski definition) is 16. The van der Waals surface area contributed by atoms with E-state index >= 15 is 4.39 Å². The van der Waals surface area contributed by atoms with Crippen molar-refractivity contribution < 1.29 is 71.2 Å². The van der Waals surface area contributed by atoms with Crippen LogP contribution in [0.5, 0.6) is 0 Å². The molecule has 18 atom stereocenters. The van der Waals surface area contributed by atoms with Crippen molar-refractivity contribution in [2.24, 2.45) is 112 Å². The number of nitrogens with zero attached hydrogens (tertiary/aromatic N) is 5. The number of aliphatic hydroxyl groups excluding tert-OH is 1. The number of carbonyl (C=O) groups excluding carboxylic acids is 4. The first-order valence-corrected chi connectivity index (χ1v) is 40.1. The molecule has 0 saturated heterocycles. The Labute approximate surface area is 629 Å². The van der Waals surface area contributed by atoms with Crippen molar-refractivity contribution in [2.45, 2.75) is 277 Å². The molecule has 20 heteroatoms.